The monoisotopic (exact) mass is 719 g/mol. The zero-order valence-electron chi connectivity index (χ0n) is 26.3. The number of nitrogens with one attached hydrogen (secondary N) is 1. The Morgan fingerprint density at radius 3 is 2.00 bits per heavy atom. The lowest BCUT2D eigenvalue weighted by Gasteiger charge is -2.35. The SMILES string of the molecule is CC(C)(C)NC(=O)[C@@H](Cc1ccccc1)N(Cc1cccc(Cl)c1)C(=O)CN(c1ccc(Cl)c(C(F)(F)F)c1)S(=O)(=O)c1ccccc1. The van der Waals surface area contributed by atoms with Gasteiger partial charge in [0.25, 0.3) is 10.0 Å². The summed E-state index contributed by atoms with van der Waals surface area (Å²) in [5, 5.41) is 2.64. The van der Waals surface area contributed by atoms with Gasteiger partial charge in [-0.2, -0.15) is 13.2 Å². The van der Waals surface area contributed by atoms with Crippen molar-refractivity contribution in [3.8, 4) is 0 Å². The molecule has 0 saturated carbocycles. The van der Waals surface area contributed by atoms with Crippen molar-refractivity contribution >= 4 is 50.7 Å². The molecule has 0 fully saturated rings. The molecular formula is C35H34Cl2F3N3O4S. The molecule has 0 heterocycles. The number of rotatable bonds is 11. The lowest BCUT2D eigenvalue weighted by molar-refractivity contribution is -0.140. The lowest BCUT2D eigenvalue weighted by Crippen LogP contribution is -2.56. The molecule has 0 radical (unpaired) electrons. The van der Waals surface area contributed by atoms with Crippen molar-refractivity contribution in [3.05, 3.63) is 130 Å². The Hall–Kier alpha value is -4.06. The van der Waals surface area contributed by atoms with Crippen LogP contribution in [0.5, 0.6) is 0 Å². The lowest BCUT2D eigenvalue weighted by atomic mass is 10.0. The standard InChI is InChI=1S/C35H34Cl2F3N3O4S/c1-34(2,3)41-33(45)31(20-24-11-6-4-7-12-24)42(22-25-13-10-14-26(36)19-25)32(44)23-43(48(46,47)28-15-8-5-9-16-28)27-17-18-30(37)29(21-27)35(38,39)40/h4-19,21,31H,20,22-23H2,1-3H3,(H,41,45)/t31-/m1/s1. The molecule has 4 aromatic carbocycles. The average Bonchev–Trinajstić information content (AvgIpc) is 3.01. The van der Waals surface area contributed by atoms with Crippen molar-refractivity contribution in [2.24, 2.45) is 0 Å². The van der Waals surface area contributed by atoms with E-state index < -0.39 is 62.4 Å². The fourth-order valence-electron chi connectivity index (χ4n) is 4.97. The second-order valence-corrected chi connectivity index (χ2v) is 14.8. The molecule has 2 amide bonds. The molecule has 48 heavy (non-hydrogen) atoms. The Kier molecular flexibility index (Phi) is 11.5. The highest BCUT2D eigenvalue weighted by Gasteiger charge is 2.38. The first kappa shape index (κ1) is 36.8. The van der Waals surface area contributed by atoms with E-state index in [-0.39, 0.29) is 17.9 Å². The molecule has 0 saturated heterocycles. The molecule has 0 aromatic heterocycles. The van der Waals surface area contributed by atoms with Crippen LogP contribution in [-0.4, -0.2) is 43.3 Å². The van der Waals surface area contributed by atoms with Gasteiger partial charge in [0.2, 0.25) is 11.8 Å². The molecule has 1 N–H and O–H groups in total. The first-order valence-corrected chi connectivity index (χ1v) is 17.0. The largest absolute Gasteiger partial charge is 0.417 e. The molecule has 1 atom stereocenters. The maximum atomic E-state index is 14.5. The van der Waals surface area contributed by atoms with Crippen LogP contribution in [0.25, 0.3) is 0 Å². The Morgan fingerprint density at radius 2 is 1.42 bits per heavy atom. The number of carbonyl (C=O) groups excluding carboxylic acids is 2. The average molecular weight is 721 g/mol. The molecule has 0 aliphatic carbocycles. The van der Waals surface area contributed by atoms with Gasteiger partial charge < -0.3 is 10.2 Å². The third-order valence-electron chi connectivity index (χ3n) is 7.16. The summed E-state index contributed by atoms with van der Waals surface area (Å²) in [4.78, 5) is 29.4. The topological polar surface area (TPSA) is 86.8 Å². The summed E-state index contributed by atoms with van der Waals surface area (Å²) in [6, 6.07) is 24.0. The quantitative estimate of drug-likeness (QED) is 0.172. The highest BCUT2D eigenvalue weighted by atomic mass is 35.5. The number of carbonyl (C=O) groups is 2. The fraction of sp³-hybridized carbons (Fsp3) is 0.257. The summed E-state index contributed by atoms with van der Waals surface area (Å²) < 4.78 is 70.5. The van der Waals surface area contributed by atoms with E-state index >= 15 is 0 Å². The van der Waals surface area contributed by atoms with Crippen LogP contribution in [-0.2, 0) is 38.8 Å². The van der Waals surface area contributed by atoms with Crippen LogP contribution in [0, 0.1) is 0 Å². The number of nitrogens with zero attached hydrogens (tertiary/aromatic N) is 2. The van der Waals surface area contributed by atoms with Crippen molar-refractivity contribution in [3.63, 3.8) is 0 Å². The Labute approximate surface area is 288 Å². The predicted molar refractivity (Wildman–Crippen MR) is 181 cm³/mol. The summed E-state index contributed by atoms with van der Waals surface area (Å²) in [5.41, 5.74) is -1.15. The Balaban J connectivity index is 1.87. The van der Waals surface area contributed by atoms with Crippen LogP contribution in [0.3, 0.4) is 0 Å². The van der Waals surface area contributed by atoms with Crippen LogP contribution in [0.2, 0.25) is 10.0 Å². The maximum Gasteiger partial charge on any atom is 0.417 e. The zero-order valence-corrected chi connectivity index (χ0v) is 28.7. The maximum absolute atomic E-state index is 14.5. The minimum atomic E-state index is -4.91. The summed E-state index contributed by atoms with van der Waals surface area (Å²) in [6.45, 7) is 4.23. The van der Waals surface area contributed by atoms with Crippen molar-refractivity contribution in [2.45, 2.75) is 56.4 Å². The van der Waals surface area contributed by atoms with Crippen LogP contribution < -0.4 is 9.62 Å². The van der Waals surface area contributed by atoms with Gasteiger partial charge in [0.15, 0.2) is 0 Å². The normalized spacial score (nSPS) is 12.7. The number of amides is 2. The van der Waals surface area contributed by atoms with Gasteiger partial charge in [-0.15, -0.1) is 0 Å². The molecule has 0 aliphatic rings. The van der Waals surface area contributed by atoms with E-state index in [0.29, 0.717) is 21.0 Å². The third kappa shape index (κ3) is 9.52. The van der Waals surface area contributed by atoms with Crippen molar-refractivity contribution in [1.82, 2.24) is 10.2 Å². The molecule has 4 aromatic rings. The van der Waals surface area contributed by atoms with Gasteiger partial charge in [-0.05, 0) is 74.4 Å². The predicted octanol–water partition coefficient (Wildman–Crippen LogP) is 7.76. The van der Waals surface area contributed by atoms with Crippen molar-refractivity contribution in [2.75, 3.05) is 10.8 Å². The second-order valence-electron chi connectivity index (χ2n) is 12.1. The van der Waals surface area contributed by atoms with Crippen molar-refractivity contribution < 1.29 is 31.2 Å². The minimum Gasteiger partial charge on any atom is -0.350 e. The van der Waals surface area contributed by atoms with Crippen LogP contribution in [0.4, 0.5) is 18.9 Å². The van der Waals surface area contributed by atoms with Crippen molar-refractivity contribution in [1.29, 1.82) is 0 Å². The number of alkyl halides is 3. The zero-order chi connectivity index (χ0) is 35.3. The summed E-state index contributed by atoms with van der Waals surface area (Å²) >= 11 is 12.1. The number of benzene rings is 4. The van der Waals surface area contributed by atoms with E-state index in [9.17, 15) is 31.2 Å². The van der Waals surface area contributed by atoms with Crippen LogP contribution >= 0.6 is 23.2 Å². The number of anilines is 1. The smallest absolute Gasteiger partial charge is 0.350 e. The van der Waals surface area contributed by atoms with E-state index in [2.05, 4.69) is 5.32 Å². The molecule has 7 nitrogen and oxygen atoms in total. The van der Waals surface area contributed by atoms with Gasteiger partial charge in [0, 0.05) is 23.5 Å². The van der Waals surface area contributed by atoms with E-state index in [1.165, 1.54) is 29.2 Å². The molecule has 0 aliphatic heterocycles. The van der Waals surface area contributed by atoms with Gasteiger partial charge in [-0.1, -0.05) is 83.9 Å². The number of halogens is 5. The number of hydrogen-bond acceptors (Lipinski definition) is 4. The molecule has 254 valence electrons. The van der Waals surface area contributed by atoms with E-state index in [0.717, 1.165) is 17.7 Å². The highest BCUT2D eigenvalue weighted by molar-refractivity contribution is 7.92. The van der Waals surface area contributed by atoms with E-state index in [4.69, 9.17) is 23.2 Å². The van der Waals surface area contributed by atoms with E-state index in [1.54, 1.807) is 81.4 Å². The Bertz CT molecular complexity index is 1850. The number of hydrogen-bond donors (Lipinski definition) is 1. The third-order valence-corrected chi connectivity index (χ3v) is 9.52. The first-order valence-electron chi connectivity index (χ1n) is 14.8. The van der Waals surface area contributed by atoms with Gasteiger partial charge in [-0.25, -0.2) is 8.42 Å². The molecule has 4 rings (SSSR count). The summed E-state index contributed by atoms with van der Waals surface area (Å²) in [7, 11) is -4.62. The minimum absolute atomic E-state index is 0.0552. The molecule has 13 heteroatoms. The van der Waals surface area contributed by atoms with Gasteiger partial charge in [0.05, 0.1) is 21.2 Å². The first-order chi connectivity index (χ1) is 22.5. The molecule has 0 spiro atoms. The van der Waals surface area contributed by atoms with Gasteiger partial charge in [-0.3, -0.25) is 13.9 Å². The molecule has 0 bridgehead atoms. The summed E-state index contributed by atoms with van der Waals surface area (Å²) in [5.74, 6) is -1.35. The molecule has 0 unspecified atom stereocenters. The fourth-order valence-corrected chi connectivity index (χ4v) is 6.84. The Morgan fingerprint density at radius 1 is 0.812 bits per heavy atom. The molecular weight excluding hydrogens is 686 g/mol. The summed E-state index contributed by atoms with van der Waals surface area (Å²) in [6.07, 6.45) is -4.86. The highest BCUT2D eigenvalue weighted by Crippen LogP contribution is 2.38. The van der Waals surface area contributed by atoms with Gasteiger partial charge in [0.1, 0.15) is 12.6 Å². The van der Waals surface area contributed by atoms with Crippen LogP contribution in [0.15, 0.2) is 108 Å². The van der Waals surface area contributed by atoms with Gasteiger partial charge >= 0.3 is 6.18 Å². The second kappa shape index (κ2) is 15.0. The van der Waals surface area contributed by atoms with Crippen LogP contribution in [0.1, 0.15) is 37.5 Å². The van der Waals surface area contributed by atoms with E-state index in [1.807, 2.05) is 0 Å². The number of sulfonamides is 1.